The first-order chi connectivity index (χ1) is 10.2. The van der Waals surface area contributed by atoms with Gasteiger partial charge in [-0.25, -0.2) is 0 Å². The Hall–Kier alpha value is -1.55. The van der Waals surface area contributed by atoms with Crippen molar-refractivity contribution in [2.45, 2.75) is 45.4 Å². The molecule has 0 atom stereocenters. The lowest BCUT2D eigenvalue weighted by molar-refractivity contribution is -0.125. The Morgan fingerprint density at radius 3 is 2.62 bits per heavy atom. The van der Waals surface area contributed by atoms with E-state index in [0.717, 1.165) is 37.1 Å². The summed E-state index contributed by atoms with van der Waals surface area (Å²) in [6.07, 6.45) is 6.36. The fraction of sp³-hybridized carbons (Fsp3) is 0.588. The zero-order chi connectivity index (χ0) is 15.1. The lowest BCUT2D eigenvalue weighted by Gasteiger charge is -2.29. The lowest BCUT2D eigenvalue weighted by Crippen LogP contribution is -2.42. The van der Waals surface area contributed by atoms with Gasteiger partial charge in [-0.15, -0.1) is 0 Å². The predicted octanol–water partition coefficient (Wildman–Crippen LogP) is 3.32. The highest BCUT2D eigenvalue weighted by Crippen LogP contribution is 2.35. The molecule has 0 bridgehead atoms. The Kier molecular flexibility index (Phi) is 5.62. The highest BCUT2D eigenvalue weighted by molar-refractivity contribution is 5.95. The van der Waals surface area contributed by atoms with Crippen molar-refractivity contribution in [1.82, 2.24) is 0 Å². The molecule has 1 aliphatic carbocycles. The largest absolute Gasteiger partial charge is 0.494 e. The van der Waals surface area contributed by atoms with Gasteiger partial charge in [-0.1, -0.05) is 31.7 Å². The SMILES string of the molecule is CCOc1cccc(NC(=O)C2(CN)CCCCCC2)c1. The first-order valence-electron chi connectivity index (χ1n) is 7.94. The second-order valence-electron chi connectivity index (χ2n) is 5.81. The number of benzene rings is 1. The Bertz CT molecular complexity index is 466. The van der Waals surface area contributed by atoms with Crippen LogP contribution < -0.4 is 15.8 Å². The Balaban J connectivity index is 2.09. The standard InChI is InChI=1S/C17H26N2O2/c1-2-21-15-9-7-8-14(12-15)19-16(20)17(13-18)10-5-3-4-6-11-17/h7-9,12H,2-6,10-11,13,18H2,1H3,(H,19,20). The van der Waals surface area contributed by atoms with E-state index >= 15 is 0 Å². The second kappa shape index (κ2) is 7.46. The molecule has 1 fully saturated rings. The van der Waals surface area contributed by atoms with Crippen LogP contribution in [0.15, 0.2) is 24.3 Å². The average molecular weight is 290 g/mol. The molecule has 3 N–H and O–H groups in total. The van der Waals surface area contributed by atoms with Crippen molar-refractivity contribution >= 4 is 11.6 Å². The molecule has 0 unspecified atom stereocenters. The molecule has 1 amide bonds. The lowest BCUT2D eigenvalue weighted by atomic mass is 9.79. The van der Waals surface area contributed by atoms with Gasteiger partial charge >= 0.3 is 0 Å². The molecule has 0 heterocycles. The van der Waals surface area contributed by atoms with Crippen LogP contribution in [0.5, 0.6) is 5.75 Å². The van der Waals surface area contributed by atoms with Crippen molar-refractivity contribution in [2.75, 3.05) is 18.5 Å². The predicted molar refractivity (Wildman–Crippen MR) is 85.4 cm³/mol. The maximum atomic E-state index is 12.7. The smallest absolute Gasteiger partial charge is 0.231 e. The molecule has 4 nitrogen and oxygen atoms in total. The summed E-state index contributed by atoms with van der Waals surface area (Å²) in [6.45, 7) is 2.98. The molecule has 1 aromatic rings. The van der Waals surface area contributed by atoms with Crippen LogP contribution in [0.25, 0.3) is 0 Å². The molecule has 2 rings (SSSR count). The molecule has 0 spiro atoms. The van der Waals surface area contributed by atoms with Crippen molar-refractivity contribution in [3.05, 3.63) is 24.3 Å². The van der Waals surface area contributed by atoms with Gasteiger partial charge in [-0.3, -0.25) is 4.79 Å². The minimum Gasteiger partial charge on any atom is -0.494 e. The molecule has 0 aliphatic heterocycles. The Morgan fingerprint density at radius 1 is 1.29 bits per heavy atom. The number of hydrogen-bond acceptors (Lipinski definition) is 3. The fourth-order valence-electron chi connectivity index (χ4n) is 3.02. The van der Waals surface area contributed by atoms with E-state index in [9.17, 15) is 4.79 Å². The van der Waals surface area contributed by atoms with E-state index in [2.05, 4.69) is 5.32 Å². The summed E-state index contributed by atoms with van der Waals surface area (Å²) >= 11 is 0. The maximum absolute atomic E-state index is 12.7. The summed E-state index contributed by atoms with van der Waals surface area (Å²) < 4.78 is 5.47. The van der Waals surface area contributed by atoms with Gasteiger partial charge in [0.25, 0.3) is 0 Å². The van der Waals surface area contributed by atoms with Crippen LogP contribution in [0.1, 0.15) is 45.4 Å². The molecule has 1 saturated carbocycles. The van der Waals surface area contributed by atoms with E-state index in [0.29, 0.717) is 13.2 Å². The monoisotopic (exact) mass is 290 g/mol. The summed E-state index contributed by atoms with van der Waals surface area (Å²) in [5, 5.41) is 3.03. The molecule has 0 saturated heterocycles. The van der Waals surface area contributed by atoms with Crippen molar-refractivity contribution in [1.29, 1.82) is 0 Å². The van der Waals surface area contributed by atoms with E-state index in [1.54, 1.807) is 0 Å². The minimum atomic E-state index is -0.405. The van der Waals surface area contributed by atoms with Crippen molar-refractivity contribution in [3.63, 3.8) is 0 Å². The molecule has 21 heavy (non-hydrogen) atoms. The summed E-state index contributed by atoms with van der Waals surface area (Å²) in [5.74, 6) is 0.832. The molecule has 0 radical (unpaired) electrons. The van der Waals surface area contributed by atoms with Crippen molar-refractivity contribution < 1.29 is 9.53 Å². The summed E-state index contributed by atoms with van der Waals surface area (Å²) in [7, 11) is 0. The zero-order valence-corrected chi connectivity index (χ0v) is 12.9. The Labute approximate surface area is 127 Å². The number of carbonyl (C=O) groups excluding carboxylic acids is 1. The van der Waals surface area contributed by atoms with Crippen LogP contribution in [0.3, 0.4) is 0 Å². The number of amides is 1. The van der Waals surface area contributed by atoms with Crippen LogP contribution in [0.2, 0.25) is 0 Å². The van der Waals surface area contributed by atoms with Gasteiger partial charge in [0.2, 0.25) is 5.91 Å². The van der Waals surface area contributed by atoms with Gasteiger partial charge in [0, 0.05) is 18.3 Å². The minimum absolute atomic E-state index is 0.0561. The van der Waals surface area contributed by atoms with Crippen molar-refractivity contribution in [2.24, 2.45) is 11.1 Å². The molecule has 4 heteroatoms. The second-order valence-corrected chi connectivity index (χ2v) is 5.81. The van der Waals surface area contributed by atoms with E-state index < -0.39 is 5.41 Å². The number of nitrogens with two attached hydrogens (primary N) is 1. The summed E-state index contributed by atoms with van der Waals surface area (Å²) in [6, 6.07) is 7.54. The van der Waals surface area contributed by atoms with Crippen LogP contribution in [-0.4, -0.2) is 19.1 Å². The highest BCUT2D eigenvalue weighted by Gasteiger charge is 2.37. The van der Waals surface area contributed by atoms with E-state index in [4.69, 9.17) is 10.5 Å². The zero-order valence-electron chi connectivity index (χ0n) is 12.9. The molecular formula is C17H26N2O2. The third-order valence-corrected chi connectivity index (χ3v) is 4.34. The van der Waals surface area contributed by atoms with Gasteiger partial charge in [-0.2, -0.15) is 0 Å². The van der Waals surface area contributed by atoms with Crippen LogP contribution in [0.4, 0.5) is 5.69 Å². The number of rotatable bonds is 5. The summed E-state index contributed by atoms with van der Waals surface area (Å²) in [5.41, 5.74) is 6.33. The van der Waals surface area contributed by atoms with E-state index in [-0.39, 0.29) is 5.91 Å². The van der Waals surface area contributed by atoms with E-state index in [1.165, 1.54) is 12.8 Å². The van der Waals surface area contributed by atoms with E-state index in [1.807, 2.05) is 31.2 Å². The average Bonchev–Trinajstić information content (AvgIpc) is 2.74. The number of nitrogens with one attached hydrogen (secondary N) is 1. The molecule has 0 aromatic heterocycles. The highest BCUT2D eigenvalue weighted by atomic mass is 16.5. The third-order valence-electron chi connectivity index (χ3n) is 4.34. The van der Waals surface area contributed by atoms with Gasteiger partial charge in [-0.05, 0) is 31.9 Å². The topological polar surface area (TPSA) is 64.3 Å². The van der Waals surface area contributed by atoms with Crippen molar-refractivity contribution in [3.8, 4) is 5.75 Å². The first-order valence-corrected chi connectivity index (χ1v) is 7.94. The quantitative estimate of drug-likeness (QED) is 0.818. The number of ether oxygens (including phenoxy) is 1. The molecular weight excluding hydrogens is 264 g/mol. The maximum Gasteiger partial charge on any atom is 0.231 e. The van der Waals surface area contributed by atoms with Crippen LogP contribution in [0, 0.1) is 5.41 Å². The van der Waals surface area contributed by atoms with Gasteiger partial charge < -0.3 is 15.8 Å². The first kappa shape index (κ1) is 15.8. The third kappa shape index (κ3) is 3.97. The normalized spacial score (nSPS) is 17.8. The van der Waals surface area contributed by atoms with Gasteiger partial charge in [0.05, 0.1) is 12.0 Å². The molecule has 1 aromatic carbocycles. The van der Waals surface area contributed by atoms with Crippen LogP contribution in [-0.2, 0) is 4.79 Å². The summed E-state index contributed by atoms with van der Waals surface area (Å²) in [4.78, 5) is 12.7. The molecule has 1 aliphatic rings. The Morgan fingerprint density at radius 2 is 2.00 bits per heavy atom. The van der Waals surface area contributed by atoms with Gasteiger partial charge in [0.15, 0.2) is 0 Å². The van der Waals surface area contributed by atoms with Crippen LogP contribution >= 0.6 is 0 Å². The number of anilines is 1. The number of carbonyl (C=O) groups is 1. The van der Waals surface area contributed by atoms with Gasteiger partial charge in [0.1, 0.15) is 5.75 Å². The fourth-order valence-corrected chi connectivity index (χ4v) is 3.02. The number of hydrogen-bond donors (Lipinski definition) is 2. The molecule has 116 valence electrons.